The van der Waals surface area contributed by atoms with Crippen LogP contribution in [0.4, 0.5) is 0 Å². The Bertz CT molecular complexity index is 640. The molecule has 3 aromatic heterocycles. The number of nitrogens with zero attached hydrogens (tertiary/aromatic N) is 2. The van der Waals surface area contributed by atoms with Crippen molar-refractivity contribution in [1.29, 1.82) is 0 Å². The first kappa shape index (κ1) is 9.66. The lowest BCUT2D eigenvalue weighted by Gasteiger charge is -1.97. The fraction of sp³-hybridized carbons (Fsp3) is 0.0833. The van der Waals surface area contributed by atoms with Gasteiger partial charge in [0, 0.05) is 10.7 Å². The maximum absolute atomic E-state index is 5.37. The van der Waals surface area contributed by atoms with Gasteiger partial charge in [-0.25, -0.2) is 4.98 Å². The normalized spacial score (nSPS) is 11.1. The molecule has 16 heavy (non-hydrogen) atoms. The van der Waals surface area contributed by atoms with Crippen LogP contribution in [0, 0.1) is 6.92 Å². The highest BCUT2D eigenvalue weighted by Crippen LogP contribution is 2.25. The van der Waals surface area contributed by atoms with Gasteiger partial charge in [0.25, 0.3) is 0 Å². The first-order valence-corrected chi connectivity index (χ1v) is 5.73. The van der Waals surface area contributed by atoms with E-state index in [1.165, 1.54) is 0 Å². The SMILES string of the molecule is Cc1c(-c2ccco2)nc2ccc(Br)cn12. The molecular formula is C12H9BrN2O. The Morgan fingerprint density at radius 2 is 2.19 bits per heavy atom. The Labute approximate surface area is 101 Å². The Balaban J connectivity index is 2.32. The minimum absolute atomic E-state index is 0.803. The van der Waals surface area contributed by atoms with Gasteiger partial charge in [-0.15, -0.1) is 0 Å². The lowest BCUT2D eigenvalue weighted by Crippen LogP contribution is -1.86. The minimum atomic E-state index is 0.803. The van der Waals surface area contributed by atoms with Crippen molar-refractivity contribution in [3.63, 3.8) is 0 Å². The number of pyridine rings is 1. The van der Waals surface area contributed by atoms with Crippen LogP contribution in [0.2, 0.25) is 0 Å². The monoisotopic (exact) mass is 276 g/mol. The molecule has 0 aliphatic carbocycles. The molecule has 0 amide bonds. The van der Waals surface area contributed by atoms with E-state index < -0.39 is 0 Å². The third-order valence-corrected chi connectivity index (χ3v) is 3.04. The second-order valence-electron chi connectivity index (χ2n) is 3.60. The molecule has 3 aromatic rings. The molecule has 80 valence electrons. The van der Waals surface area contributed by atoms with Crippen LogP contribution in [0.25, 0.3) is 17.1 Å². The average molecular weight is 277 g/mol. The molecule has 0 fully saturated rings. The molecule has 0 unspecified atom stereocenters. The molecule has 0 aliphatic rings. The fourth-order valence-corrected chi connectivity index (χ4v) is 2.12. The maximum Gasteiger partial charge on any atom is 0.154 e. The number of furan rings is 1. The Hall–Kier alpha value is -1.55. The number of aromatic nitrogens is 2. The zero-order chi connectivity index (χ0) is 11.1. The largest absolute Gasteiger partial charge is 0.463 e. The third kappa shape index (κ3) is 1.38. The first-order chi connectivity index (χ1) is 7.75. The lowest BCUT2D eigenvalue weighted by atomic mass is 10.3. The van der Waals surface area contributed by atoms with Gasteiger partial charge < -0.3 is 8.82 Å². The van der Waals surface area contributed by atoms with Gasteiger partial charge in [-0.1, -0.05) is 0 Å². The molecule has 0 N–H and O–H groups in total. The maximum atomic E-state index is 5.37. The Morgan fingerprint density at radius 1 is 1.31 bits per heavy atom. The van der Waals surface area contributed by atoms with Gasteiger partial charge in [0.15, 0.2) is 5.76 Å². The molecule has 0 atom stereocenters. The Kier molecular flexibility index (Phi) is 2.11. The number of imidazole rings is 1. The minimum Gasteiger partial charge on any atom is -0.463 e. The molecule has 0 aromatic carbocycles. The van der Waals surface area contributed by atoms with E-state index in [0.29, 0.717) is 0 Å². The predicted octanol–water partition coefficient (Wildman–Crippen LogP) is 3.67. The van der Waals surface area contributed by atoms with Gasteiger partial charge in [0.1, 0.15) is 11.3 Å². The van der Waals surface area contributed by atoms with Crippen LogP contribution in [-0.2, 0) is 0 Å². The highest BCUT2D eigenvalue weighted by Gasteiger charge is 2.12. The summed E-state index contributed by atoms with van der Waals surface area (Å²) >= 11 is 3.45. The molecule has 0 saturated carbocycles. The van der Waals surface area contributed by atoms with Crippen LogP contribution < -0.4 is 0 Å². The topological polar surface area (TPSA) is 30.4 Å². The van der Waals surface area contributed by atoms with E-state index in [-0.39, 0.29) is 0 Å². The first-order valence-electron chi connectivity index (χ1n) is 4.94. The summed E-state index contributed by atoms with van der Waals surface area (Å²) in [6.07, 6.45) is 3.67. The molecule has 0 saturated heterocycles. The quantitative estimate of drug-likeness (QED) is 0.679. The van der Waals surface area contributed by atoms with Crippen molar-refractivity contribution in [1.82, 2.24) is 9.38 Å². The number of halogens is 1. The van der Waals surface area contributed by atoms with Gasteiger partial charge in [-0.2, -0.15) is 0 Å². The summed E-state index contributed by atoms with van der Waals surface area (Å²) in [5.74, 6) is 0.803. The molecule has 0 spiro atoms. The van der Waals surface area contributed by atoms with Crippen LogP contribution in [0.15, 0.2) is 45.6 Å². The molecule has 4 heteroatoms. The number of hydrogen-bond donors (Lipinski definition) is 0. The van der Waals surface area contributed by atoms with Crippen molar-refractivity contribution < 1.29 is 4.42 Å². The highest BCUT2D eigenvalue weighted by molar-refractivity contribution is 9.10. The van der Waals surface area contributed by atoms with Crippen LogP contribution in [0.5, 0.6) is 0 Å². The van der Waals surface area contributed by atoms with Gasteiger partial charge in [-0.3, -0.25) is 0 Å². The molecule has 0 bridgehead atoms. The van der Waals surface area contributed by atoms with Crippen molar-refractivity contribution >= 4 is 21.6 Å². The average Bonchev–Trinajstić information content (AvgIpc) is 2.87. The van der Waals surface area contributed by atoms with Crippen LogP contribution >= 0.6 is 15.9 Å². The van der Waals surface area contributed by atoms with E-state index in [1.807, 2.05) is 41.8 Å². The second-order valence-corrected chi connectivity index (χ2v) is 4.51. The number of rotatable bonds is 1. The van der Waals surface area contributed by atoms with Crippen molar-refractivity contribution in [2.75, 3.05) is 0 Å². The zero-order valence-corrected chi connectivity index (χ0v) is 10.2. The molecule has 0 aliphatic heterocycles. The molecular weight excluding hydrogens is 268 g/mol. The number of aryl methyl sites for hydroxylation is 1. The summed E-state index contributed by atoms with van der Waals surface area (Å²) in [5.41, 5.74) is 2.89. The summed E-state index contributed by atoms with van der Waals surface area (Å²) in [4.78, 5) is 4.54. The van der Waals surface area contributed by atoms with Crippen LogP contribution in [0.3, 0.4) is 0 Å². The van der Waals surface area contributed by atoms with Crippen molar-refractivity contribution in [3.8, 4) is 11.5 Å². The van der Waals surface area contributed by atoms with Crippen molar-refractivity contribution in [2.45, 2.75) is 6.92 Å². The van der Waals surface area contributed by atoms with Gasteiger partial charge in [-0.05, 0) is 47.1 Å². The van der Waals surface area contributed by atoms with E-state index in [0.717, 1.165) is 27.3 Å². The summed E-state index contributed by atoms with van der Waals surface area (Å²) < 4.78 is 8.45. The van der Waals surface area contributed by atoms with E-state index in [1.54, 1.807) is 6.26 Å². The summed E-state index contributed by atoms with van der Waals surface area (Å²) in [7, 11) is 0. The fourth-order valence-electron chi connectivity index (χ4n) is 1.78. The van der Waals surface area contributed by atoms with Gasteiger partial charge in [0.2, 0.25) is 0 Å². The Morgan fingerprint density at radius 3 is 2.94 bits per heavy atom. The third-order valence-electron chi connectivity index (χ3n) is 2.58. The van der Waals surface area contributed by atoms with E-state index >= 15 is 0 Å². The lowest BCUT2D eigenvalue weighted by molar-refractivity contribution is 0.580. The molecule has 3 heterocycles. The van der Waals surface area contributed by atoms with Crippen molar-refractivity contribution in [3.05, 3.63) is 46.9 Å². The smallest absolute Gasteiger partial charge is 0.154 e. The van der Waals surface area contributed by atoms with Gasteiger partial charge in [0.05, 0.1) is 12.0 Å². The zero-order valence-electron chi connectivity index (χ0n) is 8.64. The molecule has 3 rings (SSSR count). The summed E-state index contributed by atoms with van der Waals surface area (Å²) in [6.45, 7) is 2.03. The summed E-state index contributed by atoms with van der Waals surface area (Å²) in [6, 6.07) is 7.75. The number of fused-ring (bicyclic) bond motifs is 1. The standard InChI is InChI=1S/C12H9BrN2O/c1-8-12(10-3-2-6-16-10)14-11-5-4-9(13)7-15(8)11/h2-7H,1H3. The summed E-state index contributed by atoms with van der Waals surface area (Å²) in [5, 5.41) is 0. The van der Waals surface area contributed by atoms with Crippen LogP contribution in [0.1, 0.15) is 5.69 Å². The van der Waals surface area contributed by atoms with Crippen LogP contribution in [-0.4, -0.2) is 9.38 Å². The number of hydrogen-bond acceptors (Lipinski definition) is 2. The van der Waals surface area contributed by atoms with E-state index in [9.17, 15) is 0 Å². The van der Waals surface area contributed by atoms with Crippen molar-refractivity contribution in [2.24, 2.45) is 0 Å². The van der Waals surface area contributed by atoms with E-state index in [2.05, 4.69) is 20.9 Å². The highest BCUT2D eigenvalue weighted by atomic mass is 79.9. The van der Waals surface area contributed by atoms with E-state index in [4.69, 9.17) is 4.42 Å². The molecule has 0 radical (unpaired) electrons. The predicted molar refractivity (Wildman–Crippen MR) is 65.3 cm³/mol. The van der Waals surface area contributed by atoms with Gasteiger partial charge >= 0.3 is 0 Å². The second kappa shape index (κ2) is 3.49. The molecule has 3 nitrogen and oxygen atoms in total.